The van der Waals surface area contributed by atoms with Crippen molar-refractivity contribution in [2.45, 2.75) is 13.0 Å². The van der Waals surface area contributed by atoms with Gasteiger partial charge in [0.25, 0.3) is 0 Å². The maximum Gasteiger partial charge on any atom is 0.115 e. The molecule has 2 rings (SSSR count). The molecule has 0 aliphatic rings. The first-order valence-electron chi connectivity index (χ1n) is 4.93. The lowest BCUT2D eigenvalue weighted by atomic mass is 10.3. The minimum absolute atomic E-state index is 0.767. The maximum atomic E-state index is 5.22. The van der Waals surface area contributed by atoms with E-state index < -0.39 is 0 Å². The molecule has 15 heavy (non-hydrogen) atoms. The molecule has 2 aromatic rings. The summed E-state index contributed by atoms with van der Waals surface area (Å²) in [6.45, 7) is 1.65. The van der Waals surface area contributed by atoms with Crippen LogP contribution >= 0.6 is 0 Å². The highest BCUT2D eigenvalue weighted by atomic mass is 16.3. The molecular weight excluding hydrogens is 190 g/mol. The van der Waals surface area contributed by atoms with E-state index in [-0.39, 0.29) is 0 Å². The fraction of sp³-hybridized carbons (Fsp3) is 0.273. The molecule has 1 N–H and O–H groups in total. The number of aromatic nitrogens is 2. The molecule has 4 heteroatoms. The normalized spacial score (nSPS) is 10.4. The molecule has 2 heterocycles. The molecule has 0 amide bonds. The second-order valence-electron chi connectivity index (χ2n) is 3.21. The number of nitrogens with zero attached hydrogens (tertiary/aromatic N) is 2. The highest BCUT2D eigenvalue weighted by molar-refractivity contribution is 4.99. The lowest BCUT2D eigenvalue weighted by Gasteiger charge is -2.01. The minimum atomic E-state index is 0.767. The smallest absolute Gasteiger partial charge is 0.115 e. The van der Waals surface area contributed by atoms with Gasteiger partial charge in [-0.15, -0.1) is 0 Å². The zero-order chi connectivity index (χ0) is 10.3. The fourth-order valence-electron chi connectivity index (χ4n) is 1.31. The average molecular weight is 203 g/mol. The van der Waals surface area contributed by atoms with Crippen LogP contribution in [0, 0.1) is 0 Å². The van der Waals surface area contributed by atoms with Crippen LogP contribution in [0.3, 0.4) is 0 Å². The van der Waals surface area contributed by atoms with Crippen LogP contribution in [0.1, 0.15) is 11.5 Å². The molecule has 0 aliphatic heterocycles. The quantitative estimate of drug-likeness (QED) is 0.746. The summed E-state index contributed by atoms with van der Waals surface area (Å²) in [7, 11) is 0. The summed E-state index contributed by atoms with van der Waals surface area (Å²) in [4.78, 5) is 7.98. The van der Waals surface area contributed by atoms with Gasteiger partial charge in [0.1, 0.15) is 12.1 Å². The van der Waals surface area contributed by atoms with Crippen molar-refractivity contribution in [3.05, 3.63) is 48.4 Å². The van der Waals surface area contributed by atoms with Gasteiger partial charge in [0, 0.05) is 25.7 Å². The second-order valence-corrected chi connectivity index (χ2v) is 3.21. The lowest BCUT2D eigenvalue weighted by Crippen LogP contribution is -2.17. The van der Waals surface area contributed by atoms with Crippen LogP contribution < -0.4 is 5.32 Å². The van der Waals surface area contributed by atoms with Crippen molar-refractivity contribution in [2.75, 3.05) is 6.54 Å². The first kappa shape index (κ1) is 9.86. The molecule has 0 aliphatic carbocycles. The number of nitrogens with one attached hydrogen (secondary N) is 1. The van der Waals surface area contributed by atoms with Crippen molar-refractivity contribution in [3.63, 3.8) is 0 Å². The van der Waals surface area contributed by atoms with Crippen LogP contribution in [-0.2, 0) is 13.0 Å². The van der Waals surface area contributed by atoms with Gasteiger partial charge in [-0.1, -0.05) is 0 Å². The first-order valence-corrected chi connectivity index (χ1v) is 4.93. The van der Waals surface area contributed by atoms with Crippen molar-refractivity contribution in [3.8, 4) is 0 Å². The zero-order valence-corrected chi connectivity index (χ0v) is 8.39. The van der Waals surface area contributed by atoms with E-state index in [9.17, 15) is 0 Å². The van der Waals surface area contributed by atoms with E-state index >= 15 is 0 Å². The van der Waals surface area contributed by atoms with Crippen LogP contribution in [0.25, 0.3) is 0 Å². The van der Waals surface area contributed by atoms with Crippen molar-refractivity contribution >= 4 is 0 Å². The number of furan rings is 1. The van der Waals surface area contributed by atoms with Crippen molar-refractivity contribution in [1.29, 1.82) is 0 Å². The first-order chi connectivity index (χ1) is 7.45. The monoisotopic (exact) mass is 203 g/mol. The summed E-state index contributed by atoms with van der Waals surface area (Å²) in [6.07, 6.45) is 5.90. The predicted octanol–water partition coefficient (Wildman–Crippen LogP) is 1.40. The third-order valence-electron chi connectivity index (χ3n) is 2.08. The number of hydrogen-bond acceptors (Lipinski definition) is 4. The predicted molar refractivity (Wildman–Crippen MR) is 56.2 cm³/mol. The molecule has 0 aromatic carbocycles. The van der Waals surface area contributed by atoms with Gasteiger partial charge in [0.2, 0.25) is 0 Å². The Hall–Kier alpha value is -1.68. The van der Waals surface area contributed by atoms with Crippen LogP contribution in [-0.4, -0.2) is 16.5 Å². The molecule has 0 saturated carbocycles. The van der Waals surface area contributed by atoms with E-state index in [4.69, 9.17) is 4.42 Å². The molecule has 0 radical (unpaired) electrons. The van der Waals surface area contributed by atoms with E-state index in [1.807, 2.05) is 18.2 Å². The van der Waals surface area contributed by atoms with Crippen molar-refractivity contribution in [2.24, 2.45) is 0 Å². The highest BCUT2D eigenvalue weighted by Gasteiger charge is 1.95. The molecule has 0 atom stereocenters. The van der Waals surface area contributed by atoms with Gasteiger partial charge in [-0.25, -0.2) is 9.97 Å². The summed E-state index contributed by atoms with van der Waals surface area (Å²) < 4.78 is 5.22. The Kier molecular flexibility index (Phi) is 3.46. The third kappa shape index (κ3) is 3.18. The molecule has 0 saturated heterocycles. The van der Waals surface area contributed by atoms with Gasteiger partial charge >= 0.3 is 0 Å². The van der Waals surface area contributed by atoms with Gasteiger partial charge in [-0.2, -0.15) is 0 Å². The topological polar surface area (TPSA) is 51.0 Å². The standard InChI is InChI=1S/C11H13N3O/c1-2-11(15-7-1)4-6-12-8-10-3-5-13-9-14-10/h1-3,5,7,9,12H,4,6,8H2. The SMILES string of the molecule is c1coc(CCNCc2ccncn2)c1. The van der Waals surface area contributed by atoms with E-state index in [0.717, 1.165) is 31.0 Å². The Morgan fingerprint density at radius 3 is 3.07 bits per heavy atom. The maximum absolute atomic E-state index is 5.22. The summed E-state index contributed by atoms with van der Waals surface area (Å²) in [5.41, 5.74) is 1.00. The summed E-state index contributed by atoms with van der Waals surface area (Å²) in [5, 5.41) is 3.29. The molecule has 78 valence electrons. The molecule has 2 aromatic heterocycles. The Balaban J connectivity index is 1.68. The summed E-state index contributed by atoms with van der Waals surface area (Å²) >= 11 is 0. The largest absolute Gasteiger partial charge is 0.469 e. The van der Waals surface area contributed by atoms with Gasteiger partial charge in [0.15, 0.2) is 0 Å². The Morgan fingerprint density at radius 1 is 1.33 bits per heavy atom. The van der Waals surface area contributed by atoms with Crippen LogP contribution in [0.2, 0.25) is 0 Å². The number of hydrogen-bond donors (Lipinski definition) is 1. The van der Waals surface area contributed by atoms with Crippen LogP contribution in [0.15, 0.2) is 41.4 Å². The Labute approximate surface area is 88.4 Å². The van der Waals surface area contributed by atoms with Crippen molar-refractivity contribution < 1.29 is 4.42 Å². The average Bonchev–Trinajstić information content (AvgIpc) is 2.79. The fourth-order valence-corrected chi connectivity index (χ4v) is 1.31. The molecular formula is C11H13N3O. The van der Waals surface area contributed by atoms with Gasteiger partial charge in [-0.05, 0) is 18.2 Å². The van der Waals surface area contributed by atoms with E-state index in [1.165, 1.54) is 0 Å². The van der Waals surface area contributed by atoms with Gasteiger partial charge < -0.3 is 9.73 Å². The molecule has 0 unspecified atom stereocenters. The van der Waals surface area contributed by atoms with E-state index in [2.05, 4.69) is 15.3 Å². The van der Waals surface area contributed by atoms with Gasteiger partial charge in [0.05, 0.1) is 12.0 Å². The highest BCUT2D eigenvalue weighted by Crippen LogP contribution is 1.99. The number of rotatable bonds is 5. The van der Waals surface area contributed by atoms with E-state index in [1.54, 1.807) is 18.8 Å². The Morgan fingerprint density at radius 2 is 2.33 bits per heavy atom. The zero-order valence-electron chi connectivity index (χ0n) is 8.39. The molecule has 0 bridgehead atoms. The second kappa shape index (κ2) is 5.26. The molecule has 0 fully saturated rings. The summed E-state index contributed by atoms with van der Waals surface area (Å²) in [6, 6.07) is 5.78. The van der Waals surface area contributed by atoms with Crippen LogP contribution in [0.5, 0.6) is 0 Å². The molecule has 0 spiro atoms. The van der Waals surface area contributed by atoms with Crippen LogP contribution in [0.4, 0.5) is 0 Å². The van der Waals surface area contributed by atoms with Crippen molar-refractivity contribution in [1.82, 2.24) is 15.3 Å². The Bertz CT molecular complexity index is 372. The minimum Gasteiger partial charge on any atom is -0.469 e. The molecule has 4 nitrogen and oxygen atoms in total. The van der Waals surface area contributed by atoms with E-state index in [0.29, 0.717) is 0 Å². The lowest BCUT2D eigenvalue weighted by molar-refractivity contribution is 0.498. The summed E-state index contributed by atoms with van der Waals surface area (Å²) in [5.74, 6) is 1.00. The third-order valence-corrected chi connectivity index (χ3v) is 2.08. The van der Waals surface area contributed by atoms with Gasteiger partial charge in [-0.3, -0.25) is 0 Å².